The number of nitrogens with zero attached hydrogens (tertiary/aromatic N) is 1. The van der Waals surface area contributed by atoms with Crippen LogP contribution in [0, 0.1) is 23.7 Å². The van der Waals surface area contributed by atoms with Crippen LogP contribution >= 0.6 is 0 Å². The summed E-state index contributed by atoms with van der Waals surface area (Å²) in [5.74, 6) is 9.86. The maximum absolute atomic E-state index is 5.65. The van der Waals surface area contributed by atoms with E-state index in [1.807, 2.05) is 0 Å². The molecule has 0 aromatic carbocycles. The van der Waals surface area contributed by atoms with Gasteiger partial charge in [-0.15, -0.1) is 0 Å². The van der Waals surface area contributed by atoms with Crippen LogP contribution < -0.4 is 16.6 Å². The van der Waals surface area contributed by atoms with Gasteiger partial charge >= 0.3 is 0 Å². The molecule has 4 bridgehead atoms. The quantitative estimate of drug-likeness (QED) is 0.316. The second kappa shape index (κ2) is 4.97. The van der Waals surface area contributed by atoms with E-state index < -0.39 is 0 Å². The Balaban J connectivity index is 1.69. The summed E-state index contributed by atoms with van der Waals surface area (Å²) in [7, 11) is 0. The zero-order valence-electron chi connectivity index (χ0n) is 12.3. The number of hydrazine groups is 1. The first-order chi connectivity index (χ1) is 9.08. The Morgan fingerprint density at radius 3 is 2.11 bits per heavy atom. The molecule has 19 heavy (non-hydrogen) atoms. The summed E-state index contributed by atoms with van der Waals surface area (Å²) in [6, 6.07) is 0. The number of nitrogens with one attached hydrogen (secondary N) is 2. The molecule has 0 aliphatic heterocycles. The fourth-order valence-electron chi connectivity index (χ4n) is 4.91. The topological polar surface area (TPSA) is 62.4 Å². The van der Waals surface area contributed by atoms with E-state index in [4.69, 9.17) is 5.84 Å². The summed E-state index contributed by atoms with van der Waals surface area (Å²) in [5, 5.41) is 3.68. The lowest BCUT2D eigenvalue weighted by atomic mass is 9.53. The Hall–Kier alpha value is -0.770. The first-order valence-corrected chi connectivity index (χ1v) is 7.88. The third kappa shape index (κ3) is 2.73. The SMILES string of the molecule is CC(C)CN=C(NN)NC12CC3CC(CC(C3)C1)C2. The predicted octanol–water partition coefficient (Wildman–Crippen LogP) is 2.02. The molecule has 108 valence electrons. The van der Waals surface area contributed by atoms with Crippen molar-refractivity contribution in [2.45, 2.75) is 57.9 Å². The van der Waals surface area contributed by atoms with E-state index in [0.717, 1.165) is 30.3 Å². The molecular weight excluding hydrogens is 236 g/mol. The molecule has 4 N–H and O–H groups in total. The minimum absolute atomic E-state index is 0.289. The molecule has 0 amide bonds. The van der Waals surface area contributed by atoms with E-state index in [-0.39, 0.29) is 5.54 Å². The summed E-state index contributed by atoms with van der Waals surface area (Å²) >= 11 is 0. The molecule has 4 aliphatic carbocycles. The highest BCUT2D eigenvalue weighted by Gasteiger charge is 2.51. The zero-order chi connectivity index (χ0) is 13.5. The molecule has 4 saturated carbocycles. The molecule has 0 saturated heterocycles. The maximum atomic E-state index is 5.65. The first kappa shape index (κ1) is 13.2. The van der Waals surface area contributed by atoms with Crippen LogP contribution in [0.2, 0.25) is 0 Å². The standard InChI is InChI=1S/C15H28N4/c1-10(2)9-17-14(19-16)18-15-6-11-3-12(7-15)5-13(4-11)8-15/h10-13H,3-9,16H2,1-2H3,(H2,17,18,19). The third-order valence-corrected chi connectivity index (χ3v) is 5.17. The second-order valence-corrected chi connectivity index (χ2v) is 7.55. The van der Waals surface area contributed by atoms with Gasteiger partial charge in [-0.1, -0.05) is 13.8 Å². The van der Waals surface area contributed by atoms with Crippen LogP contribution in [0.4, 0.5) is 0 Å². The number of hydrogen-bond donors (Lipinski definition) is 3. The molecule has 0 heterocycles. The molecule has 4 aliphatic rings. The Labute approximate surface area is 116 Å². The van der Waals surface area contributed by atoms with Crippen molar-refractivity contribution in [3.63, 3.8) is 0 Å². The Morgan fingerprint density at radius 2 is 1.68 bits per heavy atom. The average Bonchev–Trinajstić information content (AvgIpc) is 2.32. The van der Waals surface area contributed by atoms with Crippen molar-refractivity contribution in [3.8, 4) is 0 Å². The second-order valence-electron chi connectivity index (χ2n) is 7.55. The fourth-order valence-corrected chi connectivity index (χ4v) is 4.91. The number of guanidine groups is 1. The summed E-state index contributed by atoms with van der Waals surface area (Å²) in [4.78, 5) is 4.59. The molecule has 0 atom stereocenters. The van der Waals surface area contributed by atoms with Crippen molar-refractivity contribution in [2.75, 3.05) is 6.54 Å². The van der Waals surface area contributed by atoms with Crippen molar-refractivity contribution in [1.82, 2.24) is 10.7 Å². The van der Waals surface area contributed by atoms with Gasteiger partial charge in [0.15, 0.2) is 0 Å². The molecule has 4 rings (SSSR count). The Bertz CT molecular complexity index is 326. The van der Waals surface area contributed by atoms with E-state index in [1.54, 1.807) is 0 Å². The minimum Gasteiger partial charge on any atom is -0.350 e. The van der Waals surface area contributed by atoms with E-state index >= 15 is 0 Å². The summed E-state index contributed by atoms with van der Waals surface area (Å²) in [6.07, 6.45) is 8.37. The average molecular weight is 264 g/mol. The van der Waals surface area contributed by atoms with Gasteiger partial charge in [-0.25, -0.2) is 5.84 Å². The van der Waals surface area contributed by atoms with E-state index in [0.29, 0.717) is 5.92 Å². The highest BCUT2D eigenvalue weighted by atomic mass is 15.3. The lowest BCUT2D eigenvalue weighted by molar-refractivity contribution is -0.0105. The number of aliphatic imine (C=N–C) groups is 1. The molecule has 4 heteroatoms. The Morgan fingerprint density at radius 1 is 1.16 bits per heavy atom. The molecule has 0 aromatic heterocycles. The van der Waals surface area contributed by atoms with Crippen LogP contribution in [0.3, 0.4) is 0 Å². The highest BCUT2D eigenvalue weighted by molar-refractivity contribution is 5.80. The van der Waals surface area contributed by atoms with Crippen LogP contribution in [0.15, 0.2) is 4.99 Å². The summed E-state index contributed by atoms with van der Waals surface area (Å²) in [5.41, 5.74) is 3.06. The number of nitrogens with two attached hydrogens (primary N) is 1. The van der Waals surface area contributed by atoms with E-state index in [1.165, 1.54) is 38.5 Å². The van der Waals surface area contributed by atoms with Gasteiger partial charge < -0.3 is 5.32 Å². The van der Waals surface area contributed by atoms with E-state index in [9.17, 15) is 0 Å². The molecular formula is C15H28N4. The molecule has 4 fully saturated rings. The van der Waals surface area contributed by atoms with Gasteiger partial charge in [0, 0.05) is 12.1 Å². The molecule has 0 radical (unpaired) electrons. The van der Waals surface area contributed by atoms with Crippen molar-refractivity contribution >= 4 is 5.96 Å². The monoisotopic (exact) mass is 264 g/mol. The molecule has 0 unspecified atom stereocenters. The van der Waals surface area contributed by atoms with Gasteiger partial charge in [0.05, 0.1) is 0 Å². The maximum Gasteiger partial charge on any atom is 0.206 e. The molecule has 4 nitrogen and oxygen atoms in total. The van der Waals surface area contributed by atoms with Gasteiger partial charge in [-0.05, 0) is 62.2 Å². The lowest BCUT2D eigenvalue weighted by Crippen LogP contribution is -2.62. The van der Waals surface area contributed by atoms with Gasteiger partial charge in [-0.3, -0.25) is 10.4 Å². The van der Waals surface area contributed by atoms with Crippen LogP contribution in [-0.4, -0.2) is 18.0 Å². The first-order valence-electron chi connectivity index (χ1n) is 7.88. The number of rotatable bonds is 3. The molecule has 0 spiro atoms. The largest absolute Gasteiger partial charge is 0.350 e. The normalized spacial score (nSPS) is 40.8. The van der Waals surface area contributed by atoms with Crippen LogP contribution in [0.1, 0.15) is 52.4 Å². The minimum atomic E-state index is 0.289. The van der Waals surface area contributed by atoms with Crippen molar-refractivity contribution in [1.29, 1.82) is 0 Å². The third-order valence-electron chi connectivity index (χ3n) is 5.17. The zero-order valence-corrected chi connectivity index (χ0v) is 12.3. The van der Waals surface area contributed by atoms with Crippen molar-refractivity contribution in [3.05, 3.63) is 0 Å². The lowest BCUT2D eigenvalue weighted by Gasteiger charge is -2.57. The van der Waals surface area contributed by atoms with Crippen molar-refractivity contribution in [2.24, 2.45) is 34.5 Å². The van der Waals surface area contributed by atoms with Gasteiger partial charge in [-0.2, -0.15) is 0 Å². The van der Waals surface area contributed by atoms with Crippen LogP contribution in [0.25, 0.3) is 0 Å². The van der Waals surface area contributed by atoms with Crippen molar-refractivity contribution < 1.29 is 0 Å². The van der Waals surface area contributed by atoms with E-state index in [2.05, 4.69) is 29.6 Å². The predicted molar refractivity (Wildman–Crippen MR) is 78.5 cm³/mol. The van der Waals surface area contributed by atoms with Gasteiger partial charge in [0.25, 0.3) is 0 Å². The number of hydrogen-bond acceptors (Lipinski definition) is 2. The Kier molecular flexibility index (Phi) is 3.46. The molecule has 0 aromatic rings. The van der Waals surface area contributed by atoms with Gasteiger partial charge in [0.2, 0.25) is 5.96 Å². The smallest absolute Gasteiger partial charge is 0.206 e. The van der Waals surface area contributed by atoms with Gasteiger partial charge in [0.1, 0.15) is 0 Å². The van der Waals surface area contributed by atoms with Crippen LogP contribution in [0.5, 0.6) is 0 Å². The summed E-state index contributed by atoms with van der Waals surface area (Å²) < 4.78 is 0. The van der Waals surface area contributed by atoms with Crippen LogP contribution in [-0.2, 0) is 0 Å². The summed E-state index contributed by atoms with van der Waals surface area (Å²) in [6.45, 7) is 5.20. The highest BCUT2D eigenvalue weighted by Crippen LogP contribution is 2.55. The fraction of sp³-hybridized carbons (Fsp3) is 0.933.